The van der Waals surface area contributed by atoms with Crippen LogP contribution in [0.4, 0.5) is 0 Å². The zero-order valence-corrected chi connectivity index (χ0v) is 13.6. The Morgan fingerprint density at radius 3 is 2.57 bits per heavy atom. The van der Waals surface area contributed by atoms with Crippen LogP contribution in [0.25, 0.3) is 0 Å². The smallest absolute Gasteiger partial charge is 0.0599 e. The maximum Gasteiger partial charge on any atom is 0.0599 e. The summed E-state index contributed by atoms with van der Waals surface area (Å²) in [6, 6.07) is 11.3. The van der Waals surface area contributed by atoms with E-state index in [1.54, 1.807) is 0 Å². The molecule has 0 unspecified atom stereocenters. The van der Waals surface area contributed by atoms with Gasteiger partial charge in [0.1, 0.15) is 0 Å². The van der Waals surface area contributed by atoms with Crippen LogP contribution >= 0.6 is 0 Å². The van der Waals surface area contributed by atoms with Gasteiger partial charge >= 0.3 is 0 Å². The summed E-state index contributed by atoms with van der Waals surface area (Å²) in [4.78, 5) is 2.53. The molecule has 0 amide bonds. The van der Waals surface area contributed by atoms with E-state index in [1.165, 1.54) is 5.56 Å². The quantitative estimate of drug-likeness (QED) is 0.745. The Hall–Kier alpha value is -0.900. The highest BCUT2D eigenvalue weighted by atomic mass is 16.5. The van der Waals surface area contributed by atoms with Gasteiger partial charge in [0.05, 0.1) is 6.10 Å². The standard InChI is InChI=1S/C18H30N2O/c1-16(2)20(15-17-7-4-3-5-8-17)13-6-14-21-18-9-11-19-12-10-18/h3-5,7-8,16,18-19H,6,9-15H2,1-2H3. The van der Waals surface area contributed by atoms with E-state index in [9.17, 15) is 0 Å². The fourth-order valence-corrected chi connectivity index (χ4v) is 2.82. The molecule has 1 aromatic rings. The molecule has 1 heterocycles. The van der Waals surface area contributed by atoms with Crippen LogP contribution in [0.3, 0.4) is 0 Å². The van der Waals surface area contributed by atoms with E-state index in [0.717, 1.165) is 52.0 Å². The van der Waals surface area contributed by atoms with Crippen LogP contribution in [0.5, 0.6) is 0 Å². The Bertz CT molecular complexity index is 374. The summed E-state index contributed by atoms with van der Waals surface area (Å²) in [6.07, 6.45) is 3.93. The predicted octanol–water partition coefficient (Wildman–Crippen LogP) is 3.06. The van der Waals surface area contributed by atoms with E-state index in [-0.39, 0.29) is 0 Å². The summed E-state index contributed by atoms with van der Waals surface area (Å²) in [7, 11) is 0. The Morgan fingerprint density at radius 1 is 1.19 bits per heavy atom. The molecular formula is C18H30N2O. The summed E-state index contributed by atoms with van der Waals surface area (Å²) in [5, 5.41) is 3.38. The normalized spacial score (nSPS) is 16.8. The fraction of sp³-hybridized carbons (Fsp3) is 0.667. The summed E-state index contributed by atoms with van der Waals surface area (Å²) in [6.45, 7) is 9.80. The lowest BCUT2D eigenvalue weighted by atomic mass is 10.1. The van der Waals surface area contributed by atoms with E-state index in [2.05, 4.69) is 54.4 Å². The van der Waals surface area contributed by atoms with Crippen molar-refractivity contribution >= 4 is 0 Å². The average molecular weight is 290 g/mol. The third kappa shape index (κ3) is 6.16. The number of hydrogen-bond donors (Lipinski definition) is 1. The number of hydrogen-bond acceptors (Lipinski definition) is 3. The number of rotatable bonds is 8. The van der Waals surface area contributed by atoms with E-state index in [0.29, 0.717) is 12.1 Å². The first-order valence-electron chi connectivity index (χ1n) is 8.36. The van der Waals surface area contributed by atoms with Crippen molar-refractivity contribution < 1.29 is 4.74 Å². The van der Waals surface area contributed by atoms with Gasteiger partial charge in [-0.05, 0) is 51.8 Å². The molecule has 0 spiro atoms. The van der Waals surface area contributed by atoms with Gasteiger partial charge < -0.3 is 10.1 Å². The SMILES string of the molecule is CC(C)N(CCCOC1CCNCC1)Cc1ccccc1. The van der Waals surface area contributed by atoms with Gasteiger partial charge in [0, 0.05) is 25.7 Å². The molecule has 0 saturated carbocycles. The highest BCUT2D eigenvalue weighted by Gasteiger charge is 2.14. The van der Waals surface area contributed by atoms with Crippen molar-refractivity contribution in [2.45, 2.75) is 51.8 Å². The largest absolute Gasteiger partial charge is 0.378 e. The molecule has 1 aromatic carbocycles. The van der Waals surface area contributed by atoms with Gasteiger partial charge in [-0.15, -0.1) is 0 Å². The van der Waals surface area contributed by atoms with E-state index >= 15 is 0 Å². The van der Waals surface area contributed by atoms with Crippen molar-refractivity contribution in [2.24, 2.45) is 0 Å². The Kier molecular flexibility index (Phi) is 7.20. The van der Waals surface area contributed by atoms with E-state index < -0.39 is 0 Å². The maximum absolute atomic E-state index is 6.00. The van der Waals surface area contributed by atoms with Crippen LogP contribution in [0, 0.1) is 0 Å². The predicted molar refractivity (Wildman–Crippen MR) is 88.4 cm³/mol. The monoisotopic (exact) mass is 290 g/mol. The molecule has 118 valence electrons. The average Bonchev–Trinajstić information content (AvgIpc) is 2.52. The zero-order valence-electron chi connectivity index (χ0n) is 13.6. The highest BCUT2D eigenvalue weighted by Crippen LogP contribution is 2.11. The summed E-state index contributed by atoms with van der Waals surface area (Å²) in [5.74, 6) is 0. The van der Waals surface area contributed by atoms with Crippen LogP contribution < -0.4 is 5.32 Å². The van der Waals surface area contributed by atoms with Crippen molar-refractivity contribution in [3.8, 4) is 0 Å². The minimum Gasteiger partial charge on any atom is -0.378 e. The van der Waals surface area contributed by atoms with Crippen LogP contribution in [0.15, 0.2) is 30.3 Å². The maximum atomic E-state index is 6.00. The first-order valence-corrected chi connectivity index (χ1v) is 8.36. The molecule has 3 nitrogen and oxygen atoms in total. The Morgan fingerprint density at radius 2 is 1.90 bits per heavy atom. The van der Waals surface area contributed by atoms with Gasteiger partial charge in [-0.25, -0.2) is 0 Å². The summed E-state index contributed by atoms with van der Waals surface area (Å²) >= 11 is 0. The minimum atomic E-state index is 0.480. The first-order chi connectivity index (χ1) is 10.3. The molecule has 1 aliphatic rings. The highest BCUT2D eigenvalue weighted by molar-refractivity contribution is 5.14. The van der Waals surface area contributed by atoms with Gasteiger partial charge in [-0.3, -0.25) is 4.90 Å². The second-order valence-corrected chi connectivity index (χ2v) is 6.22. The van der Waals surface area contributed by atoms with E-state index in [4.69, 9.17) is 4.74 Å². The number of ether oxygens (including phenoxy) is 1. The molecule has 0 aliphatic carbocycles. The third-order valence-electron chi connectivity index (χ3n) is 4.19. The van der Waals surface area contributed by atoms with Crippen LogP contribution in [-0.2, 0) is 11.3 Å². The molecular weight excluding hydrogens is 260 g/mol. The molecule has 1 fully saturated rings. The van der Waals surface area contributed by atoms with Crippen molar-refractivity contribution in [1.82, 2.24) is 10.2 Å². The van der Waals surface area contributed by atoms with Crippen molar-refractivity contribution in [2.75, 3.05) is 26.2 Å². The summed E-state index contributed by atoms with van der Waals surface area (Å²) < 4.78 is 6.00. The third-order valence-corrected chi connectivity index (χ3v) is 4.19. The van der Waals surface area contributed by atoms with Gasteiger partial charge in [-0.1, -0.05) is 30.3 Å². The second kappa shape index (κ2) is 9.19. The molecule has 21 heavy (non-hydrogen) atoms. The van der Waals surface area contributed by atoms with Crippen molar-refractivity contribution in [3.63, 3.8) is 0 Å². The lowest BCUT2D eigenvalue weighted by molar-refractivity contribution is 0.0260. The molecule has 0 bridgehead atoms. The molecule has 1 saturated heterocycles. The molecule has 2 rings (SSSR count). The molecule has 3 heteroatoms. The summed E-state index contributed by atoms with van der Waals surface area (Å²) in [5.41, 5.74) is 1.39. The fourth-order valence-electron chi connectivity index (χ4n) is 2.82. The number of nitrogens with one attached hydrogen (secondary N) is 1. The molecule has 1 N–H and O–H groups in total. The molecule has 1 aliphatic heterocycles. The van der Waals surface area contributed by atoms with Crippen LogP contribution in [-0.4, -0.2) is 43.3 Å². The van der Waals surface area contributed by atoms with Crippen molar-refractivity contribution in [3.05, 3.63) is 35.9 Å². The van der Waals surface area contributed by atoms with Crippen LogP contribution in [0.2, 0.25) is 0 Å². The van der Waals surface area contributed by atoms with Gasteiger partial charge in [0.25, 0.3) is 0 Å². The molecule has 0 aromatic heterocycles. The zero-order chi connectivity index (χ0) is 14.9. The number of nitrogens with zero attached hydrogens (tertiary/aromatic N) is 1. The minimum absolute atomic E-state index is 0.480. The lowest BCUT2D eigenvalue weighted by Gasteiger charge is -2.27. The Labute approximate surface area is 129 Å². The van der Waals surface area contributed by atoms with Gasteiger partial charge in [0.15, 0.2) is 0 Å². The van der Waals surface area contributed by atoms with Gasteiger partial charge in [0.2, 0.25) is 0 Å². The second-order valence-electron chi connectivity index (χ2n) is 6.22. The molecule has 0 atom stereocenters. The topological polar surface area (TPSA) is 24.5 Å². The Balaban J connectivity index is 1.68. The number of piperidine rings is 1. The number of benzene rings is 1. The first kappa shape index (κ1) is 16.5. The molecule has 0 radical (unpaired) electrons. The van der Waals surface area contributed by atoms with Crippen LogP contribution in [0.1, 0.15) is 38.7 Å². The van der Waals surface area contributed by atoms with Crippen molar-refractivity contribution in [1.29, 1.82) is 0 Å². The lowest BCUT2D eigenvalue weighted by Crippen LogP contribution is -2.34. The van der Waals surface area contributed by atoms with Gasteiger partial charge in [-0.2, -0.15) is 0 Å². The van der Waals surface area contributed by atoms with E-state index in [1.807, 2.05) is 0 Å².